The third-order valence-corrected chi connectivity index (χ3v) is 4.58. The van der Waals surface area contributed by atoms with Crippen molar-refractivity contribution >= 4 is 38.5 Å². The summed E-state index contributed by atoms with van der Waals surface area (Å²) in [6, 6.07) is 0. The van der Waals surface area contributed by atoms with E-state index in [1.54, 1.807) is 0 Å². The molecule has 2 heteroatoms. The summed E-state index contributed by atoms with van der Waals surface area (Å²) in [5.41, 5.74) is 0. The Morgan fingerprint density at radius 3 is 1.93 bits per heavy atom. The van der Waals surface area contributed by atoms with Gasteiger partial charge in [0.15, 0.2) is 0 Å². The van der Waals surface area contributed by atoms with E-state index in [9.17, 15) is 0 Å². The zero-order chi connectivity index (χ0) is 11.4. The first-order chi connectivity index (χ1) is 7.31. The maximum Gasteiger partial charge on any atom is 0.0110 e. The summed E-state index contributed by atoms with van der Waals surface area (Å²) in [5.74, 6) is 0. The quantitative estimate of drug-likeness (QED) is 0.227. The minimum absolute atomic E-state index is 0.934. The summed E-state index contributed by atoms with van der Waals surface area (Å²) in [7, 11) is 0. The van der Waals surface area contributed by atoms with Crippen molar-refractivity contribution in [2.45, 2.75) is 75.1 Å². The second kappa shape index (κ2) is 13.3. The zero-order valence-corrected chi connectivity index (χ0v) is 13.9. The summed E-state index contributed by atoms with van der Waals surface area (Å²) in [4.78, 5) is 0. The third-order valence-electron chi connectivity index (χ3n) is 2.77. The summed E-state index contributed by atoms with van der Waals surface area (Å²) in [6.07, 6.45) is 14.2. The van der Waals surface area contributed by atoms with E-state index >= 15 is 0 Å². The molecule has 0 nitrogen and oxygen atoms in total. The first-order valence-corrected chi connectivity index (χ1v) is 8.88. The lowest BCUT2D eigenvalue weighted by Gasteiger charge is -2.09. The number of halogens is 2. The van der Waals surface area contributed by atoms with Gasteiger partial charge in [0.2, 0.25) is 0 Å². The second-order valence-electron chi connectivity index (χ2n) is 4.34. The topological polar surface area (TPSA) is 0 Å². The Labute approximate surface area is 118 Å². The molecule has 0 rings (SSSR count). The van der Waals surface area contributed by atoms with Gasteiger partial charge in [0.05, 0.1) is 0 Å². The predicted octanol–water partition coefficient (Wildman–Crippen LogP) is 6.11. The molecule has 0 saturated carbocycles. The molecule has 0 saturated heterocycles. The molecule has 0 spiro atoms. The van der Waals surface area contributed by atoms with E-state index < -0.39 is 0 Å². The molecule has 0 N–H and O–H groups in total. The number of alkyl halides is 2. The highest BCUT2D eigenvalue weighted by molar-refractivity contribution is 14.1. The molecule has 92 valence electrons. The van der Waals surface area contributed by atoms with Crippen LogP contribution in [0.5, 0.6) is 0 Å². The smallest absolute Gasteiger partial charge is 0.0110 e. The molecule has 0 aliphatic carbocycles. The molecule has 1 atom stereocenters. The number of rotatable bonds is 11. The molecule has 0 radical (unpaired) electrons. The van der Waals surface area contributed by atoms with Crippen LogP contribution in [0.2, 0.25) is 0 Å². The Bertz CT molecular complexity index is 117. The lowest BCUT2D eigenvalue weighted by molar-refractivity contribution is 0.575. The standard InChI is InChI=1S/C13H26BrI/c1-2-3-4-7-10-13(15)11-8-5-6-9-12-14/h13H,2-12H2,1H3. The van der Waals surface area contributed by atoms with Crippen LogP contribution < -0.4 is 0 Å². The van der Waals surface area contributed by atoms with Gasteiger partial charge in [-0.1, -0.05) is 90.4 Å². The van der Waals surface area contributed by atoms with Gasteiger partial charge in [0.1, 0.15) is 0 Å². The normalized spacial score (nSPS) is 13.0. The molecule has 0 bridgehead atoms. The fourth-order valence-corrected chi connectivity index (χ4v) is 3.03. The van der Waals surface area contributed by atoms with Crippen LogP contribution in [0, 0.1) is 0 Å². The van der Waals surface area contributed by atoms with E-state index in [1.807, 2.05) is 0 Å². The highest BCUT2D eigenvalue weighted by Crippen LogP contribution is 2.19. The van der Waals surface area contributed by atoms with Crippen molar-refractivity contribution in [1.82, 2.24) is 0 Å². The van der Waals surface area contributed by atoms with Gasteiger partial charge in [-0.25, -0.2) is 0 Å². The molecule has 0 aromatic carbocycles. The van der Waals surface area contributed by atoms with Gasteiger partial charge >= 0.3 is 0 Å². The van der Waals surface area contributed by atoms with Crippen molar-refractivity contribution < 1.29 is 0 Å². The molecule has 0 aliphatic heterocycles. The molecule has 1 unspecified atom stereocenters. The number of hydrogen-bond donors (Lipinski definition) is 0. The number of hydrogen-bond acceptors (Lipinski definition) is 0. The predicted molar refractivity (Wildman–Crippen MR) is 83.4 cm³/mol. The first kappa shape index (κ1) is 16.2. The van der Waals surface area contributed by atoms with Crippen LogP contribution in [0.25, 0.3) is 0 Å². The fraction of sp³-hybridized carbons (Fsp3) is 1.00. The minimum Gasteiger partial charge on any atom is -0.0928 e. The van der Waals surface area contributed by atoms with Crippen LogP contribution in [0.1, 0.15) is 71.1 Å². The molecular weight excluding hydrogens is 363 g/mol. The van der Waals surface area contributed by atoms with E-state index in [0.29, 0.717) is 0 Å². The highest BCUT2D eigenvalue weighted by Gasteiger charge is 2.02. The van der Waals surface area contributed by atoms with E-state index in [4.69, 9.17) is 0 Å². The van der Waals surface area contributed by atoms with Crippen LogP contribution in [-0.4, -0.2) is 9.25 Å². The molecule has 15 heavy (non-hydrogen) atoms. The SMILES string of the molecule is CCCCCCC(I)CCCCCCBr. The van der Waals surface area contributed by atoms with Crippen molar-refractivity contribution in [2.24, 2.45) is 0 Å². The molecule has 0 aromatic heterocycles. The average Bonchev–Trinajstić information content (AvgIpc) is 2.24. The molecule has 0 fully saturated rings. The zero-order valence-electron chi connectivity index (χ0n) is 10.1. The van der Waals surface area contributed by atoms with Gasteiger partial charge in [-0.15, -0.1) is 0 Å². The Morgan fingerprint density at radius 1 is 0.867 bits per heavy atom. The van der Waals surface area contributed by atoms with Crippen LogP contribution in [0.15, 0.2) is 0 Å². The lowest BCUT2D eigenvalue weighted by Crippen LogP contribution is -1.97. The Kier molecular flexibility index (Phi) is 14.3. The van der Waals surface area contributed by atoms with Gasteiger partial charge in [0.25, 0.3) is 0 Å². The lowest BCUT2D eigenvalue weighted by atomic mass is 10.1. The minimum atomic E-state index is 0.934. The summed E-state index contributed by atoms with van der Waals surface area (Å²) < 4.78 is 0.934. The van der Waals surface area contributed by atoms with E-state index in [-0.39, 0.29) is 0 Å². The van der Waals surface area contributed by atoms with Gasteiger partial charge in [-0.05, 0) is 19.3 Å². The van der Waals surface area contributed by atoms with Crippen molar-refractivity contribution in [3.8, 4) is 0 Å². The Morgan fingerprint density at radius 2 is 1.40 bits per heavy atom. The molecule has 0 amide bonds. The van der Waals surface area contributed by atoms with E-state index in [2.05, 4.69) is 45.4 Å². The van der Waals surface area contributed by atoms with Crippen LogP contribution in [-0.2, 0) is 0 Å². The van der Waals surface area contributed by atoms with Crippen LogP contribution >= 0.6 is 38.5 Å². The van der Waals surface area contributed by atoms with E-state index in [1.165, 1.54) is 69.5 Å². The van der Waals surface area contributed by atoms with Gasteiger partial charge in [0, 0.05) is 9.25 Å². The summed E-state index contributed by atoms with van der Waals surface area (Å²) in [6.45, 7) is 2.28. The average molecular weight is 389 g/mol. The van der Waals surface area contributed by atoms with Gasteiger partial charge in [-0.3, -0.25) is 0 Å². The number of unbranched alkanes of at least 4 members (excludes halogenated alkanes) is 6. The first-order valence-electron chi connectivity index (χ1n) is 6.51. The summed E-state index contributed by atoms with van der Waals surface area (Å²) in [5, 5.41) is 1.18. The van der Waals surface area contributed by atoms with Gasteiger partial charge in [-0.2, -0.15) is 0 Å². The Hall–Kier alpha value is 1.21. The van der Waals surface area contributed by atoms with Crippen molar-refractivity contribution in [2.75, 3.05) is 5.33 Å². The summed E-state index contributed by atoms with van der Waals surface area (Å²) >= 11 is 6.12. The maximum absolute atomic E-state index is 3.48. The van der Waals surface area contributed by atoms with Crippen LogP contribution in [0.3, 0.4) is 0 Å². The molecule has 0 heterocycles. The van der Waals surface area contributed by atoms with Crippen molar-refractivity contribution in [3.63, 3.8) is 0 Å². The molecule has 0 aromatic rings. The monoisotopic (exact) mass is 388 g/mol. The molecular formula is C13H26BrI. The Balaban J connectivity index is 3.08. The second-order valence-corrected chi connectivity index (χ2v) is 6.89. The van der Waals surface area contributed by atoms with Crippen molar-refractivity contribution in [3.05, 3.63) is 0 Å². The molecule has 0 aliphatic rings. The van der Waals surface area contributed by atoms with Crippen LogP contribution in [0.4, 0.5) is 0 Å². The van der Waals surface area contributed by atoms with Gasteiger partial charge < -0.3 is 0 Å². The van der Waals surface area contributed by atoms with Crippen molar-refractivity contribution in [1.29, 1.82) is 0 Å². The van der Waals surface area contributed by atoms with E-state index in [0.717, 1.165) is 3.92 Å². The highest BCUT2D eigenvalue weighted by atomic mass is 127. The third kappa shape index (κ3) is 13.1. The maximum atomic E-state index is 3.48. The fourth-order valence-electron chi connectivity index (χ4n) is 1.75. The largest absolute Gasteiger partial charge is 0.0928 e.